The van der Waals surface area contributed by atoms with E-state index in [1.54, 1.807) is 48.2 Å². The Morgan fingerprint density at radius 2 is 2.03 bits per heavy atom. The number of anilines is 2. The highest BCUT2D eigenvalue weighted by atomic mass is 32.1. The van der Waals surface area contributed by atoms with Gasteiger partial charge in [0.25, 0.3) is 5.88 Å². The number of aromatic carboxylic acids is 1. The standard InChI is InChI=1S/C21H21N3O4S/c1-27-18-8-9-19(23-20(18)28-12-14-2-3-14)24(11-17-10-22-13-29-17)16-6-4-15(5-7-16)21(25)26/h4-10,13-14H,2-3,11-12H2,1H3,(H,25,26). The van der Waals surface area contributed by atoms with E-state index in [1.807, 2.05) is 23.2 Å². The normalized spacial score (nSPS) is 13.1. The third-order valence-electron chi connectivity index (χ3n) is 4.68. The van der Waals surface area contributed by atoms with Crippen LogP contribution in [0.2, 0.25) is 0 Å². The van der Waals surface area contributed by atoms with E-state index >= 15 is 0 Å². The van der Waals surface area contributed by atoms with E-state index in [2.05, 4.69) is 4.98 Å². The number of rotatable bonds is 9. The van der Waals surface area contributed by atoms with Crippen LogP contribution in [0.15, 0.2) is 48.1 Å². The zero-order valence-corrected chi connectivity index (χ0v) is 16.8. The fourth-order valence-electron chi connectivity index (χ4n) is 2.87. The molecule has 0 spiro atoms. The van der Waals surface area contributed by atoms with Crippen molar-refractivity contribution in [3.63, 3.8) is 0 Å². The molecule has 2 aromatic heterocycles. The molecule has 1 saturated carbocycles. The second-order valence-corrected chi connectivity index (χ2v) is 7.81. The Balaban J connectivity index is 1.67. The summed E-state index contributed by atoms with van der Waals surface area (Å²) in [6.45, 7) is 1.19. The minimum absolute atomic E-state index is 0.239. The molecule has 1 aliphatic rings. The van der Waals surface area contributed by atoms with Gasteiger partial charge in [0.1, 0.15) is 5.82 Å². The first kappa shape index (κ1) is 19.2. The maximum Gasteiger partial charge on any atom is 0.335 e. The minimum atomic E-state index is -0.955. The quantitative estimate of drug-likeness (QED) is 0.559. The lowest BCUT2D eigenvalue weighted by Crippen LogP contribution is -2.18. The monoisotopic (exact) mass is 411 g/mol. The van der Waals surface area contributed by atoms with Crippen molar-refractivity contribution in [3.8, 4) is 11.6 Å². The first-order valence-corrected chi connectivity index (χ1v) is 10.2. The molecule has 0 saturated heterocycles. The topological polar surface area (TPSA) is 84.8 Å². The number of benzene rings is 1. The zero-order chi connectivity index (χ0) is 20.2. The summed E-state index contributed by atoms with van der Waals surface area (Å²) in [7, 11) is 1.60. The highest BCUT2D eigenvalue weighted by Gasteiger charge is 2.23. The molecule has 3 aromatic rings. The average Bonchev–Trinajstić information content (AvgIpc) is 3.43. The van der Waals surface area contributed by atoms with Crippen LogP contribution in [0.5, 0.6) is 11.6 Å². The van der Waals surface area contributed by atoms with Crippen LogP contribution in [-0.2, 0) is 6.54 Å². The van der Waals surface area contributed by atoms with E-state index in [4.69, 9.17) is 14.5 Å². The summed E-state index contributed by atoms with van der Waals surface area (Å²) in [4.78, 5) is 23.1. The molecule has 0 aliphatic heterocycles. The van der Waals surface area contributed by atoms with Gasteiger partial charge < -0.3 is 19.5 Å². The number of ether oxygens (including phenoxy) is 2. The van der Waals surface area contributed by atoms with E-state index < -0.39 is 5.97 Å². The van der Waals surface area contributed by atoms with Crippen LogP contribution >= 0.6 is 11.3 Å². The molecule has 0 unspecified atom stereocenters. The number of pyridine rings is 1. The Morgan fingerprint density at radius 1 is 1.24 bits per heavy atom. The number of nitrogens with zero attached hydrogens (tertiary/aromatic N) is 3. The first-order valence-electron chi connectivity index (χ1n) is 9.30. The van der Waals surface area contributed by atoms with Crippen molar-refractivity contribution in [2.45, 2.75) is 19.4 Å². The summed E-state index contributed by atoms with van der Waals surface area (Å²) in [6.07, 6.45) is 4.20. The van der Waals surface area contributed by atoms with Gasteiger partial charge in [-0.05, 0) is 55.2 Å². The molecule has 8 heteroatoms. The number of carboxylic acid groups (broad SMARTS) is 1. The molecular formula is C21H21N3O4S. The smallest absolute Gasteiger partial charge is 0.335 e. The molecule has 2 heterocycles. The first-order chi connectivity index (χ1) is 14.1. The van der Waals surface area contributed by atoms with E-state index in [0.29, 0.717) is 36.5 Å². The summed E-state index contributed by atoms with van der Waals surface area (Å²) in [6, 6.07) is 10.4. The molecule has 1 fully saturated rings. The summed E-state index contributed by atoms with van der Waals surface area (Å²) in [5.41, 5.74) is 2.85. The number of aromatic nitrogens is 2. The van der Waals surface area contributed by atoms with Gasteiger partial charge in [-0.2, -0.15) is 4.98 Å². The van der Waals surface area contributed by atoms with Gasteiger partial charge in [-0.25, -0.2) is 4.79 Å². The molecule has 0 amide bonds. The third kappa shape index (κ3) is 4.65. The Hall–Kier alpha value is -3.13. The summed E-state index contributed by atoms with van der Waals surface area (Å²) < 4.78 is 11.3. The van der Waals surface area contributed by atoms with Gasteiger partial charge in [0.15, 0.2) is 5.75 Å². The minimum Gasteiger partial charge on any atom is -0.491 e. The van der Waals surface area contributed by atoms with Crippen molar-refractivity contribution in [1.82, 2.24) is 9.97 Å². The molecule has 29 heavy (non-hydrogen) atoms. The van der Waals surface area contributed by atoms with Crippen LogP contribution in [0.25, 0.3) is 0 Å². The molecule has 1 aromatic carbocycles. The van der Waals surface area contributed by atoms with Crippen LogP contribution in [0, 0.1) is 5.92 Å². The van der Waals surface area contributed by atoms with Crippen LogP contribution in [0.4, 0.5) is 11.5 Å². The van der Waals surface area contributed by atoms with Gasteiger partial charge in [-0.3, -0.25) is 4.98 Å². The van der Waals surface area contributed by atoms with Crippen LogP contribution in [0.1, 0.15) is 28.1 Å². The Morgan fingerprint density at radius 3 is 2.66 bits per heavy atom. The Labute approximate surface area is 172 Å². The fourth-order valence-corrected chi connectivity index (χ4v) is 3.46. The van der Waals surface area contributed by atoms with E-state index in [-0.39, 0.29) is 5.56 Å². The van der Waals surface area contributed by atoms with Gasteiger partial charge >= 0.3 is 5.97 Å². The molecule has 0 bridgehead atoms. The van der Waals surface area contributed by atoms with Crippen molar-refractivity contribution in [3.05, 3.63) is 58.5 Å². The molecule has 7 nitrogen and oxygen atoms in total. The predicted octanol–water partition coefficient (Wildman–Crippen LogP) is 4.37. The molecule has 4 rings (SSSR count). The largest absolute Gasteiger partial charge is 0.491 e. The van der Waals surface area contributed by atoms with Crippen molar-refractivity contribution in [2.75, 3.05) is 18.6 Å². The zero-order valence-electron chi connectivity index (χ0n) is 15.9. The lowest BCUT2D eigenvalue weighted by molar-refractivity contribution is 0.0697. The lowest BCUT2D eigenvalue weighted by atomic mass is 10.2. The fraction of sp³-hybridized carbons (Fsp3) is 0.286. The van der Waals surface area contributed by atoms with Crippen molar-refractivity contribution in [2.24, 2.45) is 5.92 Å². The second-order valence-electron chi connectivity index (χ2n) is 6.84. The molecular weight excluding hydrogens is 390 g/mol. The number of hydrogen-bond acceptors (Lipinski definition) is 7. The maximum atomic E-state index is 11.2. The third-order valence-corrected chi connectivity index (χ3v) is 5.45. The lowest BCUT2D eigenvalue weighted by Gasteiger charge is -2.24. The number of hydrogen-bond donors (Lipinski definition) is 1. The molecule has 0 atom stereocenters. The summed E-state index contributed by atoms with van der Waals surface area (Å²) in [5.74, 6) is 1.39. The van der Waals surface area contributed by atoms with E-state index in [9.17, 15) is 9.90 Å². The highest BCUT2D eigenvalue weighted by molar-refractivity contribution is 7.09. The van der Waals surface area contributed by atoms with Gasteiger partial charge in [0, 0.05) is 16.8 Å². The highest BCUT2D eigenvalue weighted by Crippen LogP contribution is 2.35. The van der Waals surface area contributed by atoms with Crippen molar-refractivity contribution in [1.29, 1.82) is 0 Å². The Bertz CT molecular complexity index is 972. The van der Waals surface area contributed by atoms with Gasteiger partial charge in [-0.15, -0.1) is 11.3 Å². The van der Waals surface area contributed by atoms with Crippen molar-refractivity contribution < 1.29 is 19.4 Å². The number of carbonyl (C=O) groups is 1. The van der Waals surface area contributed by atoms with E-state index in [1.165, 1.54) is 12.8 Å². The van der Waals surface area contributed by atoms with Crippen LogP contribution in [-0.4, -0.2) is 34.8 Å². The van der Waals surface area contributed by atoms with Gasteiger partial charge in [0.2, 0.25) is 0 Å². The number of thiazole rings is 1. The number of carboxylic acids is 1. The van der Waals surface area contributed by atoms with Crippen molar-refractivity contribution >= 4 is 28.8 Å². The van der Waals surface area contributed by atoms with Gasteiger partial charge in [0.05, 0.1) is 31.3 Å². The van der Waals surface area contributed by atoms with Gasteiger partial charge in [-0.1, -0.05) is 0 Å². The molecule has 150 valence electrons. The summed E-state index contributed by atoms with van der Waals surface area (Å²) in [5, 5.41) is 9.18. The average molecular weight is 411 g/mol. The Kier molecular flexibility index (Phi) is 5.62. The SMILES string of the molecule is COc1ccc(N(Cc2cncs2)c2ccc(C(=O)O)cc2)nc1OCC1CC1. The maximum absolute atomic E-state index is 11.2. The van der Waals surface area contributed by atoms with Crippen LogP contribution in [0.3, 0.4) is 0 Å². The second kappa shape index (κ2) is 8.48. The molecule has 0 radical (unpaired) electrons. The summed E-state index contributed by atoms with van der Waals surface area (Å²) >= 11 is 1.55. The molecule has 1 N–H and O–H groups in total. The predicted molar refractivity (Wildman–Crippen MR) is 110 cm³/mol. The number of methoxy groups -OCH3 is 1. The van der Waals surface area contributed by atoms with Crippen LogP contribution < -0.4 is 14.4 Å². The van der Waals surface area contributed by atoms with E-state index in [0.717, 1.165) is 10.6 Å². The molecule has 1 aliphatic carbocycles.